The van der Waals surface area contributed by atoms with Gasteiger partial charge in [0, 0.05) is 19.7 Å². The van der Waals surface area contributed by atoms with Crippen LogP contribution >= 0.6 is 23.2 Å². The van der Waals surface area contributed by atoms with E-state index in [4.69, 9.17) is 28.3 Å². The smallest absolute Gasteiger partial charge is 0.243 e. The molecule has 1 aliphatic rings. The van der Waals surface area contributed by atoms with Crippen molar-refractivity contribution >= 4 is 33.2 Å². The number of hydrogen-bond donors (Lipinski definition) is 1. The molecule has 0 aromatic heterocycles. The lowest BCUT2D eigenvalue weighted by Crippen LogP contribution is -2.40. The van der Waals surface area contributed by atoms with E-state index in [1.54, 1.807) is 0 Å². The first-order valence-corrected chi connectivity index (χ1v) is 8.21. The summed E-state index contributed by atoms with van der Waals surface area (Å²) >= 11 is 11.6. The molecule has 0 amide bonds. The third-order valence-electron chi connectivity index (χ3n) is 3.27. The fraction of sp³-hybridized carbons (Fsp3) is 0.500. The minimum Gasteiger partial charge on any atom is -0.396 e. The molecule has 0 saturated carbocycles. The Kier molecular flexibility index (Phi) is 4.74. The van der Waals surface area contributed by atoms with Gasteiger partial charge in [0.1, 0.15) is 0 Å². The van der Waals surface area contributed by atoms with Crippen LogP contribution in [0.3, 0.4) is 0 Å². The van der Waals surface area contributed by atoms with E-state index in [0.717, 1.165) is 12.8 Å². The Labute approximate surface area is 123 Å². The second-order valence-electron chi connectivity index (χ2n) is 4.63. The fourth-order valence-corrected chi connectivity index (χ4v) is 4.12. The number of hydrogen-bond acceptors (Lipinski definition) is 3. The van der Waals surface area contributed by atoms with Crippen LogP contribution in [-0.4, -0.2) is 37.5 Å². The lowest BCUT2D eigenvalue weighted by Gasteiger charge is -2.31. The highest BCUT2D eigenvalue weighted by molar-refractivity contribution is 7.89. The number of nitrogens with zero attached hydrogens (tertiary/aromatic N) is 1. The second kappa shape index (κ2) is 5.97. The van der Waals surface area contributed by atoms with Gasteiger partial charge in [0.15, 0.2) is 0 Å². The Morgan fingerprint density at radius 1 is 1.32 bits per heavy atom. The van der Waals surface area contributed by atoms with Gasteiger partial charge in [-0.05, 0) is 37.0 Å². The quantitative estimate of drug-likeness (QED) is 0.929. The summed E-state index contributed by atoms with van der Waals surface area (Å²) in [5.74, 6) is 0.00583. The van der Waals surface area contributed by atoms with Gasteiger partial charge in [0.25, 0.3) is 0 Å². The Morgan fingerprint density at radius 3 is 2.68 bits per heavy atom. The van der Waals surface area contributed by atoms with Crippen LogP contribution in [0.4, 0.5) is 0 Å². The molecule has 7 heteroatoms. The van der Waals surface area contributed by atoms with Gasteiger partial charge in [0.2, 0.25) is 10.0 Å². The van der Waals surface area contributed by atoms with Crippen molar-refractivity contribution in [1.29, 1.82) is 0 Å². The van der Waals surface area contributed by atoms with E-state index in [0.29, 0.717) is 18.1 Å². The molecule has 0 bridgehead atoms. The van der Waals surface area contributed by atoms with Crippen molar-refractivity contribution in [2.45, 2.75) is 17.7 Å². The maximum atomic E-state index is 12.5. The molecular formula is C12H15Cl2NO3S. The molecule has 2 rings (SSSR count). The van der Waals surface area contributed by atoms with E-state index in [9.17, 15) is 8.42 Å². The number of rotatable bonds is 3. The first-order valence-electron chi connectivity index (χ1n) is 6.01. The summed E-state index contributed by atoms with van der Waals surface area (Å²) in [6, 6.07) is 4.29. The first kappa shape index (κ1) is 15.1. The molecular weight excluding hydrogens is 309 g/mol. The molecule has 19 heavy (non-hydrogen) atoms. The minimum atomic E-state index is -3.57. The molecule has 0 spiro atoms. The highest BCUT2D eigenvalue weighted by Crippen LogP contribution is 2.28. The van der Waals surface area contributed by atoms with Crippen LogP contribution < -0.4 is 0 Å². The average molecular weight is 324 g/mol. The van der Waals surface area contributed by atoms with E-state index in [1.807, 2.05) is 0 Å². The Hall–Kier alpha value is -0.330. The summed E-state index contributed by atoms with van der Waals surface area (Å²) in [5.41, 5.74) is 0. The van der Waals surface area contributed by atoms with Crippen molar-refractivity contribution in [1.82, 2.24) is 4.31 Å². The largest absolute Gasteiger partial charge is 0.396 e. The van der Waals surface area contributed by atoms with Crippen LogP contribution in [0.1, 0.15) is 12.8 Å². The van der Waals surface area contributed by atoms with Crippen LogP contribution in [0.2, 0.25) is 10.0 Å². The lowest BCUT2D eigenvalue weighted by atomic mass is 10.0. The number of piperidine rings is 1. The molecule has 1 aromatic rings. The van der Waals surface area contributed by atoms with E-state index in [2.05, 4.69) is 0 Å². The SMILES string of the molecule is O=S(=O)(c1ccc(Cl)c(Cl)c1)N1CCCC(CO)C1. The molecule has 0 aliphatic carbocycles. The summed E-state index contributed by atoms with van der Waals surface area (Å²) in [5, 5.41) is 9.71. The van der Waals surface area contributed by atoms with Crippen LogP contribution in [0.25, 0.3) is 0 Å². The molecule has 1 fully saturated rings. The molecule has 0 radical (unpaired) electrons. The van der Waals surface area contributed by atoms with Crippen molar-refractivity contribution in [2.75, 3.05) is 19.7 Å². The Balaban J connectivity index is 2.28. The van der Waals surface area contributed by atoms with Gasteiger partial charge in [-0.15, -0.1) is 0 Å². The first-order chi connectivity index (χ1) is 8.95. The third-order valence-corrected chi connectivity index (χ3v) is 5.87. The summed E-state index contributed by atoms with van der Waals surface area (Å²) in [6.45, 7) is 0.825. The molecule has 1 N–H and O–H groups in total. The molecule has 1 aromatic carbocycles. The van der Waals surface area contributed by atoms with Crippen LogP contribution in [-0.2, 0) is 10.0 Å². The van der Waals surface area contributed by atoms with E-state index >= 15 is 0 Å². The van der Waals surface area contributed by atoms with E-state index in [-0.39, 0.29) is 22.4 Å². The molecule has 1 unspecified atom stereocenters. The van der Waals surface area contributed by atoms with Gasteiger partial charge < -0.3 is 5.11 Å². The molecule has 1 saturated heterocycles. The Bertz CT molecular complexity index is 562. The van der Waals surface area contributed by atoms with Crippen molar-refractivity contribution in [2.24, 2.45) is 5.92 Å². The van der Waals surface area contributed by atoms with Gasteiger partial charge in [-0.2, -0.15) is 4.31 Å². The highest BCUT2D eigenvalue weighted by atomic mass is 35.5. The van der Waals surface area contributed by atoms with Crippen molar-refractivity contribution in [3.8, 4) is 0 Å². The highest BCUT2D eigenvalue weighted by Gasteiger charge is 2.30. The lowest BCUT2D eigenvalue weighted by molar-refractivity contribution is 0.165. The van der Waals surface area contributed by atoms with Crippen LogP contribution in [0.5, 0.6) is 0 Å². The normalized spacial score (nSPS) is 21.5. The zero-order chi connectivity index (χ0) is 14.0. The average Bonchev–Trinajstić information content (AvgIpc) is 2.41. The number of aliphatic hydroxyl groups is 1. The number of benzene rings is 1. The van der Waals surface area contributed by atoms with Gasteiger partial charge in [0.05, 0.1) is 14.9 Å². The maximum absolute atomic E-state index is 12.5. The topological polar surface area (TPSA) is 57.6 Å². The summed E-state index contributed by atoms with van der Waals surface area (Å²) in [4.78, 5) is 0.139. The monoisotopic (exact) mass is 323 g/mol. The summed E-state index contributed by atoms with van der Waals surface area (Å²) in [6.07, 6.45) is 1.61. The zero-order valence-electron chi connectivity index (χ0n) is 10.2. The summed E-state index contributed by atoms with van der Waals surface area (Å²) < 4.78 is 26.3. The van der Waals surface area contributed by atoms with Crippen molar-refractivity contribution < 1.29 is 13.5 Å². The van der Waals surface area contributed by atoms with Gasteiger partial charge in [-0.3, -0.25) is 0 Å². The van der Waals surface area contributed by atoms with Crippen molar-refractivity contribution in [3.63, 3.8) is 0 Å². The van der Waals surface area contributed by atoms with Crippen LogP contribution in [0, 0.1) is 5.92 Å². The predicted octanol–water partition coefficient (Wildman–Crippen LogP) is 2.39. The van der Waals surface area contributed by atoms with Crippen LogP contribution in [0.15, 0.2) is 23.1 Å². The standard InChI is InChI=1S/C12H15Cl2NO3S/c13-11-4-3-10(6-12(11)14)19(17,18)15-5-1-2-9(7-15)8-16/h3-4,6,9,16H,1-2,5,7-8H2. The molecule has 106 valence electrons. The molecule has 4 nitrogen and oxygen atoms in total. The Morgan fingerprint density at radius 2 is 2.05 bits per heavy atom. The predicted molar refractivity (Wildman–Crippen MR) is 75.0 cm³/mol. The van der Waals surface area contributed by atoms with E-state index in [1.165, 1.54) is 22.5 Å². The minimum absolute atomic E-state index is 0.00583. The number of aliphatic hydroxyl groups excluding tert-OH is 1. The number of sulfonamides is 1. The molecule has 1 aliphatic heterocycles. The van der Waals surface area contributed by atoms with E-state index < -0.39 is 10.0 Å². The maximum Gasteiger partial charge on any atom is 0.243 e. The fourth-order valence-electron chi connectivity index (χ4n) is 2.18. The zero-order valence-corrected chi connectivity index (χ0v) is 12.5. The third kappa shape index (κ3) is 3.23. The second-order valence-corrected chi connectivity index (χ2v) is 7.38. The van der Waals surface area contributed by atoms with Gasteiger partial charge in [-0.25, -0.2) is 8.42 Å². The van der Waals surface area contributed by atoms with Crippen molar-refractivity contribution in [3.05, 3.63) is 28.2 Å². The summed E-state index contributed by atoms with van der Waals surface area (Å²) in [7, 11) is -3.57. The van der Waals surface area contributed by atoms with Gasteiger partial charge in [-0.1, -0.05) is 23.2 Å². The molecule has 1 atom stereocenters. The molecule has 1 heterocycles. The van der Waals surface area contributed by atoms with Gasteiger partial charge >= 0.3 is 0 Å². The number of halogens is 2.